The fourth-order valence-electron chi connectivity index (χ4n) is 2.87. The summed E-state index contributed by atoms with van der Waals surface area (Å²) >= 11 is 0. The van der Waals surface area contributed by atoms with E-state index in [9.17, 15) is 18.0 Å². The van der Waals surface area contributed by atoms with Gasteiger partial charge >= 0.3 is 6.18 Å². The minimum atomic E-state index is -4.41. The van der Waals surface area contributed by atoms with E-state index in [0.29, 0.717) is 28.6 Å². The average Bonchev–Trinajstić information content (AvgIpc) is 3.15. The molecule has 31 heavy (non-hydrogen) atoms. The summed E-state index contributed by atoms with van der Waals surface area (Å²) in [5.74, 6) is 1.05. The van der Waals surface area contributed by atoms with Crippen molar-refractivity contribution in [1.29, 1.82) is 0 Å². The number of rotatable bonds is 7. The Balaban J connectivity index is 1.58. The number of ether oxygens (including phenoxy) is 1. The van der Waals surface area contributed by atoms with Gasteiger partial charge in [-0.25, -0.2) is 0 Å². The quantitative estimate of drug-likeness (QED) is 0.585. The molecule has 0 saturated carbocycles. The molecule has 0 bridgehead atoms. The summed E-state index contributed by atoms with van der Waals surface area (Å²) in [5.41, 5.74) is -0.510. The molecular formula is C22H22F3N3O3. The van der Waals surface area contributed by atoms with Crippen LogP contribution in [0.25, 0.3) is 0 Å². The smallest absolute Gasteiger partial charge is 0.416 e. The molecule has 3 aromatic rings. The van der Waals surface area contributed by atoms with Crippen molar-refractivity contribution >= 4 is 5.91 Å². The van der Waals surface area contributed by atoms with Gasteiger partial charge in [-0.3, -0.25) is 4.79 Å². The lowest BCUT2D eigenvalue weighted by atomic mass is 9.83. The van der Waals surface area contributed by atoms with E-state index in [2.05, 4.69) is 15.5 Å². The number of nitrogens with one attached hydrogen (secondary N) is 1. The summed E-state index contributed by atoms with van der Waals surface area (Å²) in [5, 5.41) is 6.51. The fourth-order valence-corrected chi connectivity index (χ4v) is 2.87. The summed E-state index contributed by atoms with van der Waals surface area (Å²) in [6.07, 6.45) is -4.41. The van der Waals surface area contributed by atoms with E-state index in [1.54, 1.807) is 51.1 Å². The summed E-state index contributed by atoms with van der Waals surface area (Å²) < 4.78 is 49.4. The number of amides is 1. The van der Waals surface area contributed by atoms with E-state index < -0.39 is 17.2 Å². The van der Waals surface area contributed by atoms with Gasteiger partial charge in [-0.15, -0.1) is 0 Å². The first-order chi connectivity index (χ1) is 14.5. The SMILES string of the molecule is Cc1nc(COc2ccc(C(=O)NCC(C)(C)c3cccc(C(F)(F)F)c3)cc2)no1. The van der Waals surface area contributed by atoms with Gasteiger partial charge in [0.05, 0.1) is 5.56 Å². The van der Waals surface area contributed by atoms with Gasteiger partial charge in [-0.2, -0.15) is 18.2 Å². The van der Waals surface area contributed by atoms with Gasteiger partial charge in [0.1, 0.15) is 5.75 Å². The maximum absolute atomic E-state index is 13.0. The van der Waals surface area contributed by atoms with Gasteiger partial charge in [0, 0.05) is 24.4 Å². The number of benzene rings is 2. The van der Waals surface area contributed by atoms with Crippen molar-refractivity contribution in [2.75, 3.05) is 6.54 Å². The predicted molar refractivity (Wildman–Crippen MR) is 107 cm³/mol. The third-order valence-corrected chi connectivity index (χ3v) is 4.72. The molecule has 2 aromatic carbocycles. The first-order valence-corrected chi connectivity index (χ1v) is 9.52. The van der Waals surface area contributed by atoms with Crippen LogP contribution in [-0.2, 0) is 18.2 Å². The molecule has 0 aliphatic carbocycles. The molecule has 0 saturated heterocycles. The minimum absolute atomic E-state index is 0.133. The molecule has 6 nitrogen and oxygen atoms in total. The molecule has 0 aliphatic rings. The van der Waals surface area contributed by atoms with Crippen molar-refractivity contribution in [2.45, 2.75) is 39.0 Å². The standard InChI is InChI=1S/C22H22F3N3O3/c1-14-27-19(28-31-14)12-30-18-9-7-15(8-10-18)20(29)26-13-21(2,3)16-5-4-6-17(11-16)22(23,24)25/h4-11H,12-13H2,1-3H3,(H,26,29). The van der Waals surface area contributed by atoms with Crippen molar-refractivity contribution in [3.8, 4) is 5.75 Å². The number of hydrogen-bond acceptors (Lipinski definition) is 5. The zero-order valence-corrected chi connectivity index (χ0v) is 17.3. The zero-order chi connectivity index (χ0) is 22.6. The van der Waals surface area contributed by atoms with Gasteiger partial charge in [-0.1, -0.05) is 37.2 Å². The first kappa shape index (κ1) is 22.3. The molecule has 0 unspecified atom stereocenters. The fraction of sp³-hybridized carbons (Fsp3) is 0.318. The number of carbonyl (C=O) groups excluding carboxylic acids is 1. The van der Waals surface area contributed by atoms with Crippen LogP contribution in [0.3, 0.4) is 0 Å². The van der Waals surface area contributed by atoms with Crippen molar-refractivity contribution in [3.05, 3.63) is 76.9 Å². The Hall–Kier alpha value is -3.36. The van der Waals surface area contributed by atoms with Crippen LogP contribution in [0.5, 0.6) is 5.75 Å². The average molecular weight is 433 g/mol. The molecule has 1 amide bonds. The molecule has 9 heteroatoms. The molecule has 1 aromatic heterocycles. The summed E-state index contributed by atoms with van der Waals surface area (Å²) in [4.78, 5) is 16.5. The lowest BCUT2D eigenvalue weighted by Gasteiger charge is -2.26. The highest BCUT2D eigenvalue weighted by Crippen LogP contribution is 2.32. The Kier molecular flexibility index (Phi) is 6.33. The maximum atomic E-state index is 13.0. The normalized spacial score (nSPS) is 11.9. The number of hydrogen-bond donors (Lipinski definition) is 1. The highest BCUT2D eigenvalue weighted by molar-refractivity contribution is 5.94. The number of carbonyl (C=O) groups is 1. The number of nitrogens with zero attached hydrogens (tertiary/aromatic N) is 2. The molecule has 3 rings (SSSR count). The first-order valence-electron chi connectivity index (χ1n) is 9.52. The number of aromatic nitrogens is 2. The molecular weight excluding hydrogens is 411 g/mol. The van der Waals surface area contributed by atoms with E-state index in [1.807, 2.05) is 0 Å². The second-order valence-electron chi connectivity index (χ2n) is 7.69. The van der Waals surface area contributed by atoms with E-state index in [4.69, 9.17) is 9.26 Å². The van der Waals surface area contributed by atoms with Crippen LogP contribution < -0.4 is 10.1 Å². The third-order valence-electron chi connectivity index (χ3n) is 4.72. The monoisotopic (exact) mass is 433 g/mol. The van der Waals surface area contributed by atoms with E-state index in [1.165, 1.54) is 6.07 Å². The van der Waals surface area contributed by atoms with Crippen LogP contribution in [0, 0.1) is 6.92 Å². The molecule has 0 aliphatic heterocycles. The second-order valence-corrected chi connectivity index (χ2v) is 7.69. The molecule has 1 N–H and O–H groups in total. The molecule has 164 valence electrons. The van der Waals surface area contributed by atoms with Crippen molar-refractivity contribution in [3.63, 3.8) is 0 Å². The van der Waals surface area contributed by atoms with Crippen LogP contribution in [0.4, 0.5) is 13.2 Å². The van der Waals surface area contributed by atoms with Gasteiger partial charge in [0.2, 0.25) is 11.7 Å². The van der Waals surface area contributed by atoms with E-state index >= 15 is 0 Å². The second kappa shape index (κ2) is 8.79. The molecule has 0 atom stereocenters. The Morgan fingerprint density at radius 1 is 1.10 bits per heavy atom. The topological polar surface area (TPSA) is 77.2 Å². The van der Waals surface area contributed by atoms with E-state index in [0.717, 1.165) is 12.1 Å². The minimum Gasteiger partial charge on any atom is -0.485 e. The lowest BCUT2D eigenvalue weighted by Crippen LogP contribution is -2.36. The zero-order valence-electron chi connectivity index (χ0n) is 17.3. The summed E-state index contributed by atoms with van der Waals surface area (Å²) in [7, 11) is 0. The molecule has 0 radical (unpaired) electrons. The van der Waals surface area contributed by atoms with Crippen molar-refractivity contribution in [1.82, 2.24) is 15.5 Å². The predicted octanol–water partition coefficient (Wildman–Crippen LogP) is 4.68. The van der Waals surface area contributed by atoms with Gasteiger partial charge in [0.15, 0.2) is 6.61 Å². The van der Waals surface area contributed by atoms with Crippen LogP contribution in [-0.4, -0.2) is 22.6 Å². The number of aryl methyl sites for hydroxylation is 1. The van der Waals surface area contributed by atoms with Crippen LogP contribution >= 0.6 is 0 Å². The Morgan fingerprint density at radius 3 is 2.39 bits per heavy atom. The Labute approximate surface area is 177 Å². The Morgan fingerprint density at radius 2 is 1.77 bits per heavy atom. The third kappa shape index (κ3) is 5.84. The van der Waals surface area contributed by atoms with Crippen LogP contribution in [0.2, 0.25) is 0 Å². The number of alkyl halides is 3. The van der Waals surface area contributed by atoms with Gasteiger partial charge in [0.25, 0.3) is 5.91 Å². The Bertz CT molecular complexity index is 1040. The largest absolute Gasteiger partial charge is 0.485 e. The molecule has 0 spiro atoms. The van der Waals surface area contributed by atoms with Crippen molar-refractivity contribution in [2.24, 2.45) is 0 Å². The maximum Gasteiger partial charge on any atom is 0.416 e. The summed E-state index contributed by atoms with van der Waals surface area (Å²) in [6.45, 7) is 5.54. The molecule has 0 fully saturated rings. The lowest BCUT2D eigenvalue weighted by molar-refractivity contribution is -0.137. The summed E-state index contributed by atoms with van der Waals surface area (Å²) in [6, 6.07) is 11.6. The van der Waals surface area contributed by atoms with Crippen LogP contribution in [0.15, 0.2) is 53.1 Å². The molecule has 1 heterocycles. The van der Waals surface area contributed by atoms with Gasteiger partial charge < -0.3 is 14.6 Å². The van der Waals surface area contributed by atoms with Crippen LogP contribution in [0.1, 0.15) is 47.0 Å². The number of halogens is 3. The highest BCUT2D eigenvalue weighted by atomic mass is 19.4. The van der Waals surface area contributed by atoms with Crippen molar-refractivity contribution < 1.29 is 27.2 Å². The highest BCUT2D eigenvalue weighted by Gasteiger charge is 2.32. The van der Waals surface area contributed by atoms with E-state index in [-0.39, 0.29) is 19.1 Å². The van der Waals surface area contributed by atoms with Gasteiger partial charge in [-0.05, 0) is 35.9 Å².